The maximum absolute atomic E-state index is 14.0. The van der Waals surface area contributed by atoms with E-state index in [0.717, 1.165) is 20.5 Å². The second kappa shape index (κ2) is 10.5. The van der Waals surface area contributed by atoms with Gasteiger partial charge in [-0.2, -0.15) is 18.3 Å². The summed E-state index contributed by atoms with van der Waals surface area (Å²) in [5.74, 6) is -1.43. The van der Waals surface area contributed by atoms with Crippen LogP contribution in [0.25, 0.3) is 0 Å². The number of fused-ring (bicyclic) bond motifs is 1. The molecule has 0 saturated carbocycles. The number of aliphatic hydroxyl groups is 1. The Morgan fingerprint density at radius 3 is 2.62 bits per heavy atom. The summed E-state index contributed by atoms with van der Waals surface area (Å²) in [5.41, 5.74) is 0.943. The van der Waals surface area contributed by atoms with Gasteiger partial charge in [-0.3, -0.25) is 4.79 Å². The van der Waals surface area contributed by atoms with Gasteiger partial charge < -0.3 is 20.5 Å². The molecule has 0 spiro atoms. The van der Waals surface area contributed by atoms with Crippen LogP contribution in [0.1, 0.15) is 75.3 Å². The summed E-state index contributed by atoms with van der Waals surface area (Å²) in [6.45, 7) is 4.88. The standard InChI is InChI=1S/C24H24BrF3N4O4S/c1-4-36-23(35)19-11(2)20(12(3)33)37-22(19)30-21(34)16-10-18-29-15(13-5-7-14(25)8-6-13)9-17(24(26,27)28)32(18)31-16/h5-8,10,12,15,17,29,33H,4,9H2,1-3H3,(H,30,34). The van der Waals surface area contributed by atoms with E-state index in [9.17, 15) is 27.9 Å². The first-order chi connectivity index (χ1) is 17.4. The van der Waals surface area contributed by atoms with Gasteiger partial charge >= 0.3 is 12.1 Å². The number of rotatable bonds is 6. The number of amides is 1. The SMILES string of the molecule is CCOC(=O)c1c(NC(=O)c2cc3n(n2)C(C(F)(F)F)CC(c2ccc(Br)cc2)N3)sc(C(C)O)c1C. The van der Waals surface area contributed by atoms with Crippen LogP contribution in [-0.4, -0.2) is 39.5 Å². The number of ether oxygens (including phenoxy) is 1. The Morgan fingerprint density at radius 2 is 2.03 bits per heavy atom. The average Bonchev–Trinajstić information content (AvgIpc) is 3.39. The molecule has 3 unspecified atom stereocenters. The van der Waals surface area contributed by atoms with Crippen molar-refractivity contribution < 1.29 is 32.6 Å². The zero-order valence-electron chi connectivity index (χ0n) is 20.0. The van der Waals surface area contributed by atoms with Gasteiger partial charge in [0.2, 0.25) is 0 Å². The molecule has 3 heterocycles. The summed E-state index contributed by atoms with van der Waals surface area (Å²) < 4.78 is 48.7. The molecule has 1 aliphatic rings. The van der Waals surface area contributed by atoms with Gasteiger partial charge in [0, 0.05) is 21.8 Å². The highest BCUT2D eigenvalue weighted by atomic mass is 79.9. The normalized spacial score (nSPS) is 18.1. The number of hydrogen-bond donors (Lipinski definition) is 3. The minimum Gasteiger partial charge on any atom is -0.462 e. The Balaban J connectivity index is 1.67. The first-order valence-electron chi connectivity index (χ1n) is 11.4. The Morgan fingerprint density at radius 1 is 1.35 bits per heavy atom. The van der Waals surface area contributed by atoms with Crippen molar-refractivity contribution in [3.8, 4) is 0 Å². The molecule has 13 heteroatoms. The molecular formula is C24H24BrF3N4O4S. The van der Waals surface area contributed by atoms with E-state index in [2.05, 4.69) is 31.7 Å². The summed E-state index contributed by atoms with van der Waals surface area (Å²) >= 11 is 4.31. The number of esters is 1. The number of alkyl halides is 3. The maximum atomic E-state index is 14.0. The number of nitrogens with one attached hydrogen (secondary N) is 2. The quantitative estimate of drug-likeness (QED) is 0.293. The summed E-state index contributed by atoms with van der Waals surface area (Å²) in [5, 5.41) is 19.8. The topological polar surface area (TPSA) is 105 Å². The van der Waals surface area contributed by atoms with Gasteiger partial charge in [-0.1, -0.05) is 28.1 Å². The molecule has 8 nitrogen and oxygen atoms in total. The summed E-state index contributed by atoms with van der Waals surface area (Å²) in [7, 11) is 0. The Hall–Kier alpha value is -2.90. The molecule has 3 atom stereocenters. The second-order valence-electron chi connectivity index (χ2n) is 8.55. The van der Waals surface area contributed by atoms with Crippen molar-refractivity contribution in [1.82, 2.24) is 9.78 Å². The first-order valence-corrected chi connectivity index (χ1v) is 13.0. The number of aromatic nitrogens is 2. The third-order valence-corrected chi connectivity index (χ3v) is 7.87. The highest BCUT2D eigenvalue weighted by molar-refractivity contribution is 9.10. The van der Waals surface area contributed by atoms with Crippen molar-refractivity contribution in [3.63, 3.8) is 0 Å². The third-order valence-electron chi connectivity index (χ3n) is 5.96. The van der Waals surface area contributed by atoms with E-state index in [1.165, 1.54) is 13.0 Å². The smallest absolute Gasteiger partial charge is 0.410 e. The highest BCUT2D eigenvalue weighted by Crippen LogP contribution is 2.44. The third kappa shape index (κ3) is 5.53. The summed E-state index contributed by atoms with van der Waals surface area (Å²) in [4.78, 5) is 26.1. The predicted molar refractivity (Wildman–Crippen MR) is 136 cm³/mol. The summed E-state index contributed by atoms with van der Waals surface area (Å²) in [6.07, 6.45) is -5.82. The lowest BCUT2D eigenvalue weighted by molar-refractivity contribution is -0.173. The van der Waals surface area contributed by atoms with Gasteiger partial charge in [-0.15, -0.1) is 11.3 Å². The molecule has 0 bridgehead atoms. The van der Waals surface area contributed by atoms with E-state index in [-0.39, 0.29) is 35.1 Å². The van der Waals surface area contributed by atoms with E-state index in [0.29, 0.717) is 16.0 Å². The largest absolute Gasteiger partial charge is 0.462 e. The van der Waals surface area contributed by atoms with Crippen LogP contribution in [0.4, 0.5) is 24.0 Å². The average molecular weight is 601 g/mol. The number of anilines is 2. The van der Waals surface area contributed by atoms with E-state index in [1.807, 2.05) is 0 Å². The molecule has 1 amide bonds. The minimum absolute atomic E-state index is 0.0456. The van der Waals surface area contributed by atoms with Crippen LogP contribution >= 0.6 is 27.3 Å². The lowest BCUT2D eigenvalue weighted by Gasteiger charge is -2.33. The lowest BCUT2D eigenvalue weighted by atomic mass is 9.97. The van der Waals surface area contributed by atoms with Crippen molar-refractivity contribution >= 4 is 50.0 Å². The predicted octanol–water partition coefficient (Wildman–Crippen LogP) is 6.16. The van der Waals surface area contributed by atoms with Crippen molar-refractivity contribution in [2.24, 2.45) is 0 Å². The van der Waals surface area contributed by atoms with E-state index >= 15 is 0 Å². The molecule has 37 heavy (non-hydrogen) atoms. The monoisotopic (exact) mass is 600 g/mol. The van der Waals surface area contributed by atoms with Crippen LogP contribution in [0.3, 0.4) is 0 Å². The number of carbonyl (C=O) groups is 2. The lowest BCUT2D eigenvalue weighted by Crippen LogP contribution is -2.35. The van der Waals surface area contributed by atoms with Crippen molar-refractivity contribution in [2.75, 3.05) is 17.2 Å². The van der Waals surface area contributed by atoms with Crippen molar-refractivity contribution in [1.29, 1.82) is 0 Å². The molecule has 2 aromatic heterocycles. The molecule has 0 saturated heterocycles. The van der Waals surface area contributed by atoms with E-state index < -0.39 is 36.2 Å². The number of carbonyl (C=O) groups excluding carboxylic acids is 2. The Kier molecular flexibility index (Phi) is 7.67. The Bertz CT molecular complexity index is 1320. The van der Waals surface area contributed by atoms with Gasteiger partial charge in [0.1, 0.15) is 10.8 Å². The molecule has 0 radical (unpaired) electrons. The second-order valence-corrected chi connectivity index (χ2v) is 10.5. The van der Waals surface area contributed by atoms with Gasteiger partial charge in [-0.05, 0) is 44.0 Å². The fraction of sp³-hybridized carbons (Fsp3) is 0.375. The van der Waals surface area contributed by atoms with Crippen LogP contribution < -0.4 is 10.6 Å². The molecule has 4 rings (SSSR count). The summed E-state index contributed by atoms with van der Waals surface area (Å²) in [6, 6.07) is 5.60. The van der Waals surface area contributed by atoms with Crippen LogP contribution in [0.15, 0.2) is 34.8 Å². The van der Waals surface area contributed by atoms with Crippen molar-refractivity contribution in [3.05, 3.63) is 62.1 Å². The van der Waals surface area contributed by atoms with Crippen molar-refractivity contribution in [2.45, 2.75) is 51.6 Å². The highest BCUT2D eigenvalue weighted by Gasteiger charge is 2.47. The zero-order chi connectivity index (χ0) is 27.1. The first kappa shape index (κ1) is 27.1. The van der Waals surface area contributed by atoms with E-state index in [4.69, 9.17) is 4.74 Å². The number of nitrogens with zero attached hydrogens (tertiary/aromatic N) is 2. The van der Waals surface area contributed by atoms with Crippen LogP contribution in [0, 0.1) is 6.92 Å². The minimum atomic E-state index is -4.60. The molecule has 198 valence electrons. The number of thiophene rings is 1. The van der Waals surface area contributed by atoms with Gasteiger partial charge in [0.05, 0.1) is 24.3 Å². The van der Waals surface area contributed by atoms with Gasteiger partial charge in [0.25, 0.3) is 5.91 Å². The molecule has 3 N–H and O–H groups in total. The molecule has 0 aliphatic carbocycles. The van der Waals surface area contributed by atoms with Crippen LogP contribution in [-0.2, 0) is 4.74 Å². The molecule has 0 fully saturated rings. The van der Waals surface area contributed by atoms with E-state index in [1.54, 1.807) is 38.1 Å². The van der Waals surface area contributed by atoms with Gasteiger partial charge in [-0.25, -0.2) is 9.48 Å². The number of benzene rings is 1. The zero-order valence-corrected chi connectivity index (χ0v) is 22.4. The molecule has 3 aromatic rings. The number of aliphatic hydroxyl groups excluding tert-OH is 1. The molecule has 1 aliphatic heterocycles. The van der Waals surface area contributed by atoms with Crippen LogP contribution in [0.5, 0.6) is 0 Å². The number of hydrogen-bond acceptors (Lipinski definition) is 7. The maximum Gasteiger partial charge on any atom is 0.410 e. The molecule has 1 aromatic carbocycles. The Labute approximate surface area is 222 Å². The fourth-order valence-corrected chi connectivity index (χ4v) is 5.62. The van der Waals surface area contributed by atoms with Gasteiger partial charge in [0.15, 0.2) is 11.7 Å². The molecular weight excluding hydrogens is 577 g/mol. The van der Waals surface area contributed by atoms with Crippen LogP contribution in [0.2, 0.25) is 0 Å². The number of halogens is 4. The fourth-order valence-electron chi connectivity index (χ4n) is 4.23.